The van der Waals surface area contributed by atoms with E-state index in [-0.39, 0.29) is 5.56 Å². The molecule has 1 unspecified atom stereocenters. The summed E-state index contributed by atoms with van der Waals surface area (Å²) in [6.45, 7) is 3.79. The number of unbranched alkanes of at least 4 members (excludes halogenated alkanes) is 2. The molecule has 1 fully saturated rings. The van der Waals surface area contributed by atoms with Crippen molar-refractivity contribution in [2.75, 3.05) is 0 Å². The summed E-state index contributed by atoms with van der Waals surface area (Å²) in [7, 11) is 0. The van der Waals surface area contributed by atoms with Gasteiger partial charge in [0.05, 0.1) is 5.92 Å². The number of carbonyl (C=O) groups excluding carboxylic acids is 1. The molecular formula is C38H40F6O2. The van der Waals surface area contributed by atoms with Gasteiger partial charge in [-0.1, -0.05) is 57.0 Å². The molecule has 0 bridgehead atoms. The third-order valence-electron chi connectivity index (χ3n) is 9.87. The van der Waals surface area contributed by atoms with Crippen LogP contribution in [0.2, 0.25) is 0 Å². The molecule has 0 saturated heterocycles. The summed E-state index contributed by atoms with van der Waals surface area (Å²) in [5, 5.41) is 0. The van der Waals surface area contributed by atoms with E-state index in [0.717, 1.165) is 56.2 Å². The fourth-order valence-corrected chi connectivity index (χ4v) is 7.03. The summed E-state index contributed by atoms with van der Waals surface area (Å²) in [5.41, 5.74) is 0.835. The van der Waals surface area contributed by atoms with Crippen LogP contribution in [0.15, 0.2) is 42.5 Å². The van der Waals surface area contributed by atoms with Crippen LogP contribution in [0.1, 0.15) is 94.7 Å². The Kier molecular flexibility index (Phi) is 11.0. The first-order chi connectivity index (χ1) is 22.1. The van der Waals surface area contributed by atoms with Crippen LogP contribution in [0.25, 0.3) is 16.7 Å². The molecular weight excluding hydrogens is 602 g/mol. The highest BCUT2D eigenvalue weighted by Gasteiger charge is 2.33. The number of halogens is 6. The Hall–Kier alpha value is -3.55. The highest BCUT2D eigenvalue weighted by atomic mass is 19.2. The predicted octanol–water partition coefficient (Wildman–Crippen LogP) is 11.1. The van der Waals surface area contributed by atoms with E-state index in [1.165, 1.54) is 12.1 Å². The summed E-state index contributed by atoms with van der Waals surface area (Å²) in [4.78, 5) is 12.9. The van der Waals surface area contributed by atoms with E-state index in [1.807, 2.05) is 13.0 Å². The van der Waals surface area contributed by atoms with Crippen molar-refractivity contribution < 1.29 is 35.9 Å². The van der Waals surface area contributed by atoms with E-state index in [2.05, 4.69) is 0 Å². The minimum Gasteiger partial charge on any atom is -0.423 e. The number of benzene rings is 3. The number of hydrogen-bond acceptors (Lipinski definition) is 2. The average molecular weight is 643 g/mol. The van der Waals surface area contributed by atoms with Crippen molar-refractivity contribution in [3.8, 4) is 16.9 Å². The van der Waals surface area contributed by atoms with E-state index in [9.17, 15) is 22.4 Å². The molecule has 2 aliphatic rings. The van der Waals surface area contributed by atoms with Gasteiger partial charge in [-0.05, 0) is 105 Å². The Morgan fingerprint density at radius 1 is 0.674 bits per heavy atom. The second kappa shape index (κ2) is 14.9. The van der Waals surface area contributed by atoms with Crippen molar-refractivity contribution in [3.05, 3.63) is 94.1 Å². The summed E-state index contributed by atoms with van der Waals surface area (Å²) in [5.74, 6) is -7.75. The Bertz CT molecular complexity index is 1610. The lowest BCUT2D eigenvalue weighted by molar-refractivity contribution is -0.140. The molecule has 46 heavy (non-hydrogen) atoms. The van der Waals surface area contributed by atoms with Crippen LogP contribution in [0.3, 0.4) is 0 Å². The zero-order valence-electron chi connectivity index (χ0n) is 26.3. The van der Waals surface area contributed by atoms with Crippen molar-refractivity contribution in [3.63, 3.8) is 0 Å². The molecule has 246 valence electrons. The first-order valence-electron chi connectivity index (χ1n) is 16.5. The lowest BCUT2D eigenvalue weighted by atomic mass is 9.71. The lowest BCUT2D eigenvalue weighted by Gasteiger charge is -2.35. The van der Waals surface area contributed by atoms with Gasteiger partial charge in [0, 0.05) is 16.7 Å². The van der Waals surface area contributed by atoms with Gasteiger partial charge in [-0.25, -0.2) is 22.0 Å². The number of carbonyl (C=O) groups is 1. The third kappa shape index (κ3) is 7.06. The monoisotopic (exact) mass is 642 g/mol. The Morgan fingerprint density at radius 3 is 1.93 bits per heavy atom. The van der Waals surface area contributed by atoms with Crippen LogP contribution in [0.4, 0.5) is 26.3 Å². The molecule has 3 aromatic carbocycles. The molecule has 0 heterocycles. The lowest BCUT2D eigenvalue weighted by Crippen LogP contribution is -2.29. The van der Waals surface area contributed by atoms with E-state index in [4.69, 9.17) is 4.74 Å². The highest BCUT2D eigenvalue weighted by molar-refractivity contribution is 5.76. The van der Waals surface area contributed by atoms with Crippen molar-refractivity contribution in [2.45, 2.75) is 90.9 Å². The molecule has 0 amide bonds. The Morgan fingerprint density at radius 2 is 1.28 bits per heavy atom. The quantitative estimate of drug-likeness (QED) is 0.0952. The van der Waals surface area contributed by atoms with Gasteiger partial charge in [0.25, 0.3) is 0 Å². The Labute approximate surface area is 266 Å². The van der Waals surface area contributed by atoms with E-state index in [1.54, 1.807) is 19.1 Å². The van der Waals surface area contributed by atoms with Gasteiger partial charge in [-0.15, -0.1) is 0 Å². The first-order valence-corrected chi connectivity index (χ1v) is 16.5. The fraction of sp³-hybridized carbons (Fsp3) is 0.447. The summed E-state index contributed by atoms with van der Waals surface area (Å²) in [6, 6.07) is 8.10. The summed E-state index contributed by atoms with van der Waals surface area (Å²) >= 11 is 0. The maximum atomic E-state index is 15.1. The molecule has 3 aromatic rings. The SMILES string of the molecule is CCCCCc1ccc(-c2ccc(OC(=O)C3CCC(C4CC=C(c5ccc(CC)c(F)c5F)CC4)CC3)c(F)c2F)c(F)c1F. The molecule has 1 atom stereocenters. The molecule has 8 heteroatoms. The van der Waals surface area contributed by atoms with Crippen molar-refractivity contribution in [1.82, 2.24) is 0 Å². The third-order valence-corrected chi connectivity index (χ3v) is 9.87. The first kappa shape index (κ1) is 33.8. The molecule has 0 N–H and O–H groups in total. The van der Waals surface area contributed by atoms with Gasteiger partial charge in [0.2, 0.25) is 5.82 Å². The Balaban J connectivity index is 1.17. The standard InChI is InChI=1S/C38H40F6O2/c1-3-5-6-7-26-17-19-29(35(42)33(26)40)30-20-21-31(37(44)36(30)43)46-38(45)27-14-10-24(11-15-27)23-8-12-25(13-9-23)28-18-16-22(4-2)32(39)34(28)41/h12,16-21,23-24,27H,3-11,13-15H2,1-2H3. The molecule has 2 aliphatic carbocycles. The molecule has 2 nitrogen and oxygen atoms in total. The van der Waals surface area contributed by atoms with Crippen LogP contribution in [0, 0.1) is 52.7 Å². The maximum Gasteiger partial charge on any atom is 0.314 e. The summed E-state index contributed by atoms with van der Waals surface area (Å²) in [6.07, 6.45) is 10.1. The molecule has 1 saturated carbocycles. The van der Waals surface area contributed by atoms with Crippen LogP contribution in [-0.4, -0.2) is 5.97 Å². The molecule has 5 rings (SSSR count). The van der Waals surface area contributed by atoms with Gasteiger partial charge in [0.1, 0.15) is 0 Å². The zero-order valence-corrected chi connectivity index (χ0v) is 26.3. The van der Waals surface area contributed by atoms with Crippen LogP contribution >= 0.6 is 0 Å². The van der Waals surface area contributed by atoms with Gasteiger partial charge < -0.3 is 4.74 Å². The van der Waals surface area contributed by atoms with Crippen LogP contribution < -0.4 is 4.74 Å². The molecule has 0 spiro atoms. The topological polar surface area (TPSA) is 26.3 Å². The smallest absolute Gasteiger partial charge is 0.314 e. The fourth-order valence-electron chi connectivity index (χ4n) is 7.03. The van der Waals surface area contributed by atoms with Crippen molar-refractivity contribution >= 4 is 11.5 Å². The van der Waals surface area contributed by atoms with Gasteiger partial charge in [-0.2, -0.15) is 4.39 Å². The molecule has 0 aromatic heterocycles. The second-order valence-corrected chi connectivity index (χ2v) is 12.6. The minimum atomic E-state index is -1.43. The number of esters is 1. The van der Waals surface area contributed by atoms with Crippen molar-refractivity contribution in [2.24, 2.45) is 17.8 Å². The van der Waals surface area contributed by atoms with Crippen LogP contribution in [0.5, 0.6) is 5.75 Å². The number of ether oxygens (including phenoxy) is 1. The number of rotatable bonds is 10. The van der Waals surface area contributed by atoms with E-state index >= 15 is 8.78 Å². The van der Waals surface area contributed by atoms with E-state index in [0.29, 0.717) is 61.5 Å². The van der Waals surface area contributed by atoms with Gasteiger partial charge in [-0.3, -0.25) is 4.79 Å². The molecule has 0 aliphatic heterocycles. The number of aryl methyl sites for hydroxylation is 2. The van der Waals surface area contributed by atoms with Gasteiger partial charge in [0.15, 0.2) is 34.8 Å². The zero-order chi connectivity index (χ0) is 33.0. The van der Waals surface area contributed by atoms with Crippen LogP contribution in [-0.2, 0) is 17.6 Å². The van der Waals surface area contributed by atoms with Gasteiger partial charge >= 0.3 is 5.97 Å². The summed E-state index contributed by atoms with van der Waals surface area (Å²) < 4.78 is 93.9. The second-order valence-electron chi connectivity index (χ2n) is 12.6. The average Bonchev–Trinajstić information content (AvgIpc) is 3.07. The van der Waals surface area contributed by atoms with Crippen molar-refractivity contribution in [1.29, 1.82) is 0 Å². The number of allylic oxidation sites excluding steroid dienone is 2. The predicted molar refractivity (Wildman–Crippen MR) is 167 cm³/mol. The van der Waals surface area contributed by atoms with E-state index < -0.39 is 63.7 Å². The maximum absolute atomic E-state index is 15.1. The largest absolute Gasteiger partial charge is 0.423 e. The number of hydrogen-bond donors (Lipinski definition) is 0. The highest BCUT2D eigenvalue weighted by Crippen LogP contribution is 2.42. The minimum absolute atomic E-state index is 0.185. The normalized spacial score (nSPS) is 20.0. The molecule has 0 radical (unpaired) electrons.